The molecule has 0 saturated heterocycles. The summed E-state index contributed by atoms with van der Waals surface area (Å²) in [5.41, 5.74) is 3.28. The van der Waals surface area contributed by atoms with Gasteiger partial charge in [0.2, 0.25) is 0 Å². The van der Waals surface area contributed by atoms with Gasteiger partial charge in [-0.05, 0) is 38.2 Å². The van der Waals surface area contributed by atoms with Gasteiger partial charge in [-0.25, -0.2) is 19.9 Å². The van der Waals surface area contributed by atoms with Crippen LogP contribution in [0.5, 0.6) is 0 Å². The number of fused-ring (bicyclic) bond motifs is 1. The summed E-state index contributed by atoms with van der Waals surface area (Å²) in [6, 6.07) is 1.86. The zero-order valence-electron chi connectivity index (χ0n) is 12.5. The molecule has 3 rings (SSSR count). The van der Waals surface area contributed by atoms with Crippen LogP contribution in [0.25, 0.3) is 11.5 Å². The molecule has 0 amide bonds. The molecule has 0 bridgehead atoms. The number of hydrogen-bond donors (Lipinski definition) is 1. The van der Waals surface area contributed by atoms with E-state index >= 15 is 0 Å². The standard InChI is InChI=1S/C16H21N5/c1-2-9-18-15-12-6-4-3-5-7-13(12)20-16(21-15)14-8-10-17-11-19-14/h8,10-11H,2-7,9H2,1H3,(H,18,20,21). The number of aryl methyl sites for hydroxylation is 1. The molecule has 0 radical (unpaired) electrons. The summed E-state index contributed by atoms with van der Waals surface area (Å²) in [5, 5.41) is 3.47. The van der Waals surface area contributed by atoms with Gasteiger partial charge in [0, 0.05) is 24.0 Å². The van der Waals surface area contributed by atoms with Crippen molar-refractivity contribution < 1.29 is 0 Å². The van der Waals surface area contributed by atoms with Crippen LogP contribution < -0.4 is 5.32 Å². The molecule has 2 aromatic rings. The monoisotopic (exact) mass is 283 g/mol. The van der Waals surface area contributed by atoms with E-state index in [9.17, 15) is 0 Å². The van der Waals surface area contributed by atoms with Crippen LogP contribution in [0.15, 0.2) is 18.6 Å². The number of anilines is 1. The maximum absolute atomic E-state index is 4.77. The highest BCUT2D eigenvalue weighted by molar-refractivity contribution is 5.56. The first-order valence-corrected chi connectivity index (χ1v) is 7.78. The molecule has 0 spiro atoms. The van der Waals surface area contributed by atoms with Crippen molar-refractivity contribution in [1.29, 1.82) is 0 Å². The number of hydrogen-bond acceptors (Lipinski definition) is 5. The predicted molar refractivity (Wildman–Crippen MR) is 83.1 cm³/mol. The highest BCUT2D eigenvalue weighted by Gasteiger charge is 2.17. The largest absolute Gasteiger partial charge is 0.370 e. The van der Waals surface area contributed by atoms with Crippen molar-refractivity contribution in [3.8, 4) is 11.5 Å². The van der Waals surface area contributed by atoms with E-state index in [-0.39, 0.29) is 0 Å². The third-order valence-electron chi connectivity index (χ3n) is 3.79. The van der Waals surface area contributed by atoms with Gasteiger partial charge in [0.05, 0.1) is 0 Å². The van der Waals surface area contributed by atoms with Gasteiger partial charge < -0.3 is 5.32 Å². The Morgan fingerprint density at radius 1 is 1.14 bits per heavy atom. The Labute approximate surface area is 125 Å². The van der Waals surface area contributed by atoms with Gasteiger partial charge in [-0.2, -0.15) is 0 Å². The molecule has 0 atom stereocenters. The van der Waals surface area contributed by atoms with Crippen molar-refractivity contribution in [2.75, 3.05) is 11.9 Å². The van der Waals surface area contributed by atoms with E-state index in [1.165, 1.54) is 30.5 Å². The van der Waals surface area contributed by atoms with Gasteiger partial charge in [0.25, 0.3) is 0 Å². The Balaban J connectivity index is 2.04. The number of aromatic nitrogens is 4. The molecule has 110 valence electrons. The quantitative estimate of drug-likeness (QED) is 0.874. The number of nitrogens with one attached hydrogen (secondary N) is 1. The predicted octanol–water partition coefficient (Wildman–Crippen LogP) is 3.02. The fraction of sp³-hybridized carbons (Fsp3) is 0.500. The SMILES string of the molecule is CCCNc1nc(-c2ccncn2)nc2c1CCCCC2. The van der Waals surface area contributed by atoms with Crippen LogP contribution in [-0.4, -0.2) is 26.5 Å². The molecule has 21 heavy (non-hydrogen) atoms. The lowest BCUT2D eigenvalue weighted by Gasteiger charge is -2.14. The summed E-state index contributed by atoms with van der Waals surface area (Å²) in [7, 11) is 0. The smallest absolute Gasteiger partial charge is 0.180 e. The average molecular weight is 283 g/mol. The zero-order chi connectivity index (χ0) is 14.5. The molecule has 0 unspecified atom stereocenters. The van der Waals surface area contributed by atoms with E-state index < -0.39 is 0 Å². The zero-order valence-corrected chi connectivity index (χ0v) is 12.5. The van der Waals surface area contributed by atoms with Gasteiger partial charge in [-0.3, -0.25) is 0 Å². The molecule has 5 nitrogen and oxygen atoms in total. The van der Waals surface area contributed by atoms with Crippen LogP contribution >= 0.6 is 0 Å². The normalized spacial score (nSPS) is 14.3. The van der Waals surface area contributed by atoms with Crippen molar-refractivity contribution in [3.05, 3.63) is 29.8 Å². The highest BCUT2D eigenvalue weighted by Crippen LogP contribution is 2.27. The molecule has 0 saturated carbocycles. The molecule has 5 heteroatoms. The molecule has 1 aliphatic carbocycles. The second-order valence-electron chi connectivity index (χ2n) is 5.40. The first kappa shape index (κ1) is 13.9. The van der Waals surface area contributed by atoms with Gasteiger partial charge in [0.15, 0.2) is 5.82 Å². The van der Waals surface area contributed by atoms with E-state index in [1.54, 1.807) is 12.5 Å². The van der Waals surface area contributed by atoms with Crippen LogP contribution in [0.3, 0.4) is 0 Å². The van der Waals surface area contributed by atoms with E-state index in [0.717, 1.165) is 37.3 Å². The minimum absolute atomic E-state index is 0.705. The molecule has 2 aromatic heterocycles. The summed E-state index contributed by atoms with van der Waals surface area (Å²) in [4.78, 5) is 17.7. The van der Waals surface area contributed by atoms with Crippen molar-refractivity contribution in [2.24, 2.45) is 0 Å². The Bertz CT molecular complexity index is 597. The molecule has 0 aliphatic heterocycles. The minimum Gasteiger partial charge on any atom is -0.370 e. The second-order valence-corrected chi connectivity index (χ2v) is 5.40. The third-order valence-corrected chi connectivity index (χ3v) is 3.79. The van der Waals surface area contributed by atoms with E-state index in [1.807, 2.05) is 6.07 Å². The molecular weight excluding hydrogens is 262 g/mol. The Morgan fingerprint density at radius 3 is 2.86 bits per heavy atom. The topological polar surface area (TPSA) is 63.6 Å². The van der Waals surface area contributed by atoms with Gasteiger partial charge in [0.1, 0.15) is 17.8 Å². The van der Waals surface area contributed by atoms with Gasteiger partial charge in [-0.15, -0.1) is 0 Å². The van der Waals surface area contributed by atoms with Gasteiger partial charge in [-0.1, -0.05) is 13.3 Å². The van der Waals surface area contributed by atoms with Crippen LogP contribution in [0.4, 0.5) is 5.82 Å². The number of rotatable bonds is 4. The fourth-order valence-corrected chi connectivity index (χ4v) is 2.70. The minimum atomic E-state index is 0.705. The summed E-state index contributed by atoms with van der Waals surface area (Å²) >= 11 is 0. The molecular formula is C16H21N5. The first-order valence-electron chi connectivity index (χ1n) is 7.78. The van der Waals surface area contributed by atoms with Gasteiger partial charge >= 0.3 is 0 Å². The Morgan fingerprint density at radius 2 is 2.05 bits per heavy atom. The lowest BCUT2D eigenvalue weighted by molar-refractivity contribution is 0.709. The maximum atomic E-state index is 4.77. The van der Waals surface area contributed by atoms with E-state index in [2.05, 4.69) is 22.2 Å². The molecule has 1 N–H and O–H groups in total. The second kappa shape index (κ2) is 6.61. The van der Waals surface area contributed by atoms with Crippen LogP contribution in [0.2, 0.25) is 0 Å². The summed E-state index contributed by atoms with van der Waals surface area (Å²) in [6.07, 6.45) is 10.2. The Kier molecular flexibility index (Phi) is 4.38. The number of nitrogens with zero attached hydrogens (tertiary/aromatic N) is 4. The summed E-state index contributed by atoms with van der Waals surface area (Å²) in [5.74, 6) is 1.70. The molecule has 0 fully saturated rings. The lowest BCUT2D eigenvalue weighted by atomic mass is 10.1. The Hall–Kier alpha value is -2.04. The molecule has 2 heterocycles. The lowest BCUT2D eigenvalue weighted by Crippen LogP contribution is -2.10. The summed E-state index contributed by atoms with van der Waals surface area (Å²) in [6.45, 7) is 3.10. The van der Waals surface area contributed by atoms with Crippen molar-refractivity contribution in [3.63, 3.8) is 0 Å². The van der Waals surface area contributed by atoms with Crippen molar-refractivity contribution >= 4 is 5.82 Å². The van der Waals surface area contributed by atoms with Crippen LogP contribution in [0.1, 0.15) is 43.9 Å². The fourth-order valence-electron chi connectivity index (χ4n) is 2.70. The van der Waals surface area contributed by atoms with E-state index in [0.29, 0.717) is 5.82 Å². The van der Waals surface area contributed by atoms with Crippen LogP contribution in [0, 0.1) is 0 Å². The van der Waals surface area contributed by atoms with Crippen molar-refractivity contribution in [1.82, 2.24) is 19.9 Å². The molecule has 1 aliphatic rings. The van der Waals surface area contributed by atoms with Crippen molar-refractivity contribution in [2.45, 2.75) is 45.4 Å². The maximum Gasteiger partial charge on any atom is 0.180 e. The summed E-state index contributed by atoms with van der Waals surface area (Å²) < 4.78 is 0. The van der Waals surface area contributed by atoms with E-state index in [4.69, 9.17) is 9.97 Å². The first-order chi connectivity index (χ1) is 10.4. The average Bonchev–Trinajstić information content (AvgIpc) is 2.78. The highest BCUT2D eigenvalue weighted by atomic mass is 15.0. The third kappa shape index (κ3) is 3.17. The van der Waals surface area contributed by atoms with Crippen LogP contribution in [-0.2, 0) is 12.8 Å². The molecule has 0 aromatic carbocycles.